The number of benzene rings is 1. The Morgan fingerprint density at radius 1 is 1.26 bits per heavy atom. The predicted octanol–water partition coefficient (Wildman–Crippen LogP) is 2.41. The number of nitrogens with two attached hydrogens (primary N) is 1. The molecule has 0 aliphatic carbocycles. The van der Waals surface area contributed by atoms with Crippen LogP contribution in [0.25, 0.3) is 0 Å². The third kappa shape index (κ3) is 2.98. The van der Waals surface area contributed by atoms with E-state index in [0.29, 0.717) is 17.9 Å². The van der Waals surface area contributed by atoms with Gasteiger partial charge in [0.05, 0.1) is 0 Å². The summed E-state index contributed by atoms with van der Waals surface area (Å²) < 4.78 is 0. The second-order valence-electron chi connectivity index (χ2n) is 4.47. The van der Waals surface area contributed by atoms with Gasteiger partial charge in [-0.05, 0) is 43.2 Å². The number of hydrogen-bond acceptors (Lipinski definition) is 3. The zero-order chi connectivity index (χ0) is 13.8. The van der Waals surface area contributed by atoms with Crippen molar-refractivity contribution in [3.8, 4) is 0 Å². The molecule has 98 valence electrons. The van der Waals surface area contributed by atoms with Gasteiger partial charge in [0, 0.05) is 23.9 Å². The Bertz CT molecular complexity index is 608. The maximum Gasteiger partial charge on any atom is 0.256 e. The SMILES string of the molecule is Cc1ccc(C(=O)Nc2ncccc2CN)cc1C. The lowest BCUT2D eigenvalue weighted by atomic mass is 10.1. The molecule has 2 rings (SSSR count). The number of pyridine rings is 1. The zero-order valence-corrected chi connectivity index (χ0v) is 11.1. The van der Waals surface area contributed by atoms with Gasteiger partial charge in [-0.25, -0.2) is 4.98 Å². The summed E-state index contributed by atoms with van der Waals surface area (Å²) in [6, 6.07) is 9.27. The van der Waals surface area contributed by atoms with Crippen molar-refractivity contribution in [2.24, 2.45) is 5.73 Å². The molecule has 0 bridgehead atoms. The van der Waals surface area contributed by atoms with Gasteiger partial charge in [-0.1, -0.05) is 12.1 Å². The summed E-state index contributed by atoms with van der Waals surface area (Å²) in [4.78, 5) is 16.3. The van der Waals surface area contributed by atoms with Crippen molar-refractivity contribution in [1.82, 2.24) is 4.98 Å². The molecule has 4 heteroatoms. The van der Waals surface area contributed by atoms with Crippen molar-refractivity contribution in [3.63, 3.8) is 0 Å². The van der Waals surface area contributed by atoms with Crippen molar-refractivity contribution < 1.29 is 4.79 Å². The molecule has 0 spiro atoms. The number of aryl methyl sites for hydroxylation is 2. The quantitative estimate of drug-likeness (QED) is 0.885. The summed E-state index contributed by atoms with van der Waals surface area (Å²) in [7, 11) is 0. The van der Waals surface area contributed by atoms with Crippen LogP contribution in [0.5, 0.6) is 0 Å². The summed E-state index contributed by atoms with van der Waals surface area (Å²) >= 11 is 0. The molecule has 0 fully saturated rings. The van der Waals surface area contributed by atoms with Gasteiger partial charge in [-0.2, -0.15) is 0 Å². The molecule has 1 heterocycles. The molecular formula is C15H17N3O. The van der Waals surface area contributed by atoms with Crippen LogP contribution in [0.1, 0.15) is 27.0 Å². The van der Waals surface area contributed by atoms with E-state index in [1.807, 2.05) is 38.1 Å². The number of nitrogens with one attached hydrogen (secondary N) is 1. The van der Waals surface area contributed by atoms with Crippen LogP contribution in [-0.4, -0.2) is 10.9 Å². The molecule has 4 nitrogen and oxygen atoms in total. The average molecular weight is 255 g/mol. The minimum atomic E-state index is -0.170. The predicted molar refractivity (Wildman–Crippen MR) is 76.0 cm³/mol. The second-order valence-corrected chi connectivity index (χ2v) is 4.47. The highest BCUT2D eigenvalue weighted by Gasteiger charge is 2.10. The molecule has 1 aromatic carbocycles. The minimum Gasteiger partial charge on any atom is -0.326 e. The third-order valence-corrected chi connectivity index (χ3v) is 3.11. The van der Waals surface area contributed by atoms with E-state index in [9.17, 15) is 4.79 Å². The summed E-state index contributed by atoms with van der Waals surface area (Å²) in [5.74, 6) is 0.352. The highest BCUT2D eigenvalue weighted by molar-refractivity contribution is 6.04. The molecule has 1 aromatic heterocycles. The average Bonchev–Trinajstić information content (AvgIpc) is 2.42. The highest BCUT2D eigenvalue weighted by atomic mass is 16.1. The molecule has 0 unspecified atom stereocenters. The Morgan fingerprint density at radius 2 is 2.05 bits per heavy atom. The van der Waals surface area contributed by atoms with Crippen molar-refractivity contribution in [2.45, 2.75) is 20.4 Å². The van der Waals surface area contributed by atoms with E-state index >= 15 is 0 Å². The van der Waals surface area contributed by atoms with Crippen molar-refractivity contribution >= 4 is 11.7 Å². The highest BCUT2D eigenvalue weighted by Crippen LogP contribution is 2.14. The molecule has 0 radical (unpaired) electrons. The normalized spacial score (nSPS) is 10.3. The van der Waals surface area contributed by atoms with Gasteiger partial charge in [0.1, 0.15) is 5.82 Å². The van der Waals surface area contributed by atoms with E-state index in [-0.39, 0.29) is 5.91 Å². The van der Waals surface area contributed by atoms with E-state index in [4.69, 9.17) is 5.73 Å². The number of carbonyl (C=O) groups is 1. The van der Waals surface area contributed by atoms with Crippen LogP contribution in [0.4, 0.5) is 5.82 Å². The van der Waals surface area contributed by atoms with Gasteiger partial charge in [0.25, 0.3) is 5.91 Å². The lowest BCUT2D eigenvalue weighted by Gasteiger charge is -2.09. The van der Waals surface area contributed by atoms with E-state index < -0.39 is 0 Å². The molecule has 19 heavy (non-hydrogen) atoms. The summed E-state index contributed by atoms with van der Waals surface area (Å²) in [5, 5.41) is 2.79. The monoisotopic (exact) mass is 255 g/mol. The number of rotatable bonds is 3. The first-order valence-electron chi connectivity index (χ1n) is 6.14. The largest absolute Gasteiger partial charge is 0.326 e. The summed E-state index contributed by atoms with van der Waals surface area (Å²) in [5.41, 5.74) is 9.31. The third-order valence-electron chi connectivity index (χ3n) is 3.11. The van der Waals surface area contributed by atoms with Gasteiger partial charge in [-0.3, -0.25) is 4.79 Å². The molecule has 0 aliphatic heterocycles. The fourth-order valence-electron chi connectivity index (χ4n) is 1.78. The molecule has 0 aliphatic rings. The van der Waals surface area contributed by atoms with Crippen LogP contribution >= 0.6 is 0 Å². The number of aromatic nitrogens is 1. The number of nitrogens with zero attached hydrogens (tertiary/aromatic N) is 1. The second kappa shape index (κ2) is 5.63. The molecule has 0 saturated heterocycles. The van der Waals surface area contributed by atoms with Crippen LogP contribution in [0.2, 0.25) is 0 Å². The maximum atomic E-state index is 12.2. The molecule has 1 amide bonds. The fourth-order valence-corrected chi connectivity index (χ4v) is 1.78. The summed E-state index contributed by atoms with van der Waals surface area (Å²) in [6.07, 6.45) is 1.63. The topological polar surface area (TPSA) is 68.0 Å². The first-order valence-corrected chi connectivity index (χ1v) is 6.14. The molecular weight excluding hydrogens is 238 g/mol. The smallest absolute Gasteiger partial charge is 0.256 e. The molecule has 0 saturated carbocycles. The summed E-state index contributed by atoms with van der Waals surface area (Å²) in [6.45, 7) is 4.34. The Kier molecular flexibility index (Phi) is 3.92. The zero-order valence-electron chi connectivity index (χ0n) is 11.1. The number of carbonyl (C=O) groups excluding carboxylic acids is 1. The number of amides is 1. The Morgan fingerprint density at radius 3 is 2.74 bits per heavy atom. The van der Waals surface area contributed by atoms with Crippen molar-refractivity contribution in [1.29, 1.82) is 0 Å². The molecule has 2 aromatic rings. The van der Waals surface area contributed by atoms with E-state index in [0.717, 1.165) is 16.7 Å². The van der Waals surface area contributed by atoms with Crippen molar-refractivity contribution in [2.75, 3.05) is 5.32 Å². The van der Waals surface area contributed by atoms with Crippen LogP contribution in [-0.2, 0) is 6.54 Å². The standard InChI is InChI=1S/C15H17N3O/c1-10-5-6-12(8-11(10)2)15(19)18-14-13(9-16)4-3-7-17-14/h3-8H,9,16H2,1-2H3,(H,17,18,19). The maximum absolute atomic E-state index is 12.2. The van der Waals surface area contributed by atoms with Gasteiger partial charge in [0.15, 0.2) is 0 Å². The Hall–Kier alpha value is -2.20. The van der Waals surface area contributed by atoms with Crippen LogP contribution in [0.15, 0.2) is 36.5 Å². The van der Waals surface area contributed by atoms with Crippen LogP contribution in [0.3, 0.4) is 0 Å². The lowest BCUT2D eigenvalue weighted by molar-refractivity contribution is 0.102. The minimum absolute atomic E-state index is 0.170. The number of hydrogen-bond donors (Lipinski definition) is 2. The Labute approximate surface area is 112 Å². The van der Waals surface area contributed by atoms with E-state index in [1.165, 1.54) is 0 Å². The molecule has 3 N–H and O–H groups in total. The van der Waals surface area contributed by atoms with Gasteiger partial charge in [0.2, 0.25) is 0 Å². The van der Waals surface area contributed by atoms with Gasteiger partial charge >= 0.3 is 0 Å². The first kappa shape index (κ1) is 13.2. The number of anilines is 1. The van der Waals surface area contributed by atoms with Gasteiger partial charge < -0.3 is 11.1 Å². The van der Waals surface area contributed by atoms with Crippen LogP contribution < -0.4 is 11.1 Å². The molecule has 0 atom stereocenters. The van der Waals surface area contributed by atoms with Crippen molar-refractivity contribution in [3.05, 3.63) is 58.8 Å². The first-order chi connectivity index (χ1) is 9.11. The van der Waals surface area contributed by atoms with E-state index in [2.05, 4.69) is 10.3 Å². The van der Waals surface area contributed by atoms with Crippen LogP contribution in [0, 0.1) is 13.8 Å². The van der Waals surface area contributed by atoms with E-state index in [1.54, 1.807) is 12.3 Å². The fraction of sp³-hybridized carbons (Fsp3) is 0.200. The Balaban J connectivity index is 2.23. The van der Waals surface area contributed by atoms with Gasteiger partial charge in [-0.15, -0.1) is 0 Å². The lowest BCUT2D eigenvalue weighted by Crippen LogP contribution is -2.15.